The Morgan fingerprint density at radius 3 is 2.74 bits per heavy atom. The third kappa shape index (κ3) is 4.42. The van der Waals surface area contributed by atoms with Crippen LogP contribution < -0.4 is 5.32 Å². The van der Waals surface area contributed by atoms with E-state index in [2.05, 4.69) is 5.32 Å². The fraction of sp³-hybridized carbons (Fsp3) is 0.444. The number of aliphatic hydroxyl groups is 1. The fourth-order valence-corrected chi connectivity index (χ4v) is 2.48. The van der Waals surface area contributed by atoms with Gasteiger partial charge in [-0.05, 0) is 37.8 Å². The van der Waals surface area contributed by atoms with E-state index in [9.17, 15) is 14.7 Å². The quantitative estimate of drug-likeness (QED) is 0.816. The zero-order valence-corrected chi connectivity index (χ0v) is 13.7. The average molecular weight is 316 g/mol. The maximum Gasteiger partial charge on any atom is 0.253 e. The summed E-state index contributed by atoms with van der Waals surface area (Å²) >= 11 is 0. The second kappa shape index (κ2) is 7.42. The van der Waals surface area contributed by atoms with E-state index in [0.29, 0.717) is 19.4 Å². The average Bonchev–Trinajstić information content (AvgIpc) is 3.01. The van der Waals surface area contributed by atoms with Crippen molar-refractivity contribution in [3.05, 3.63) is 42.0 Å². The summed E-state index contributed by atoms with van der Waals surface area (Å²) in [6.07, 6.45) is 4.81. The van der Waals surface area contributed by atoms with Crippen molar-refractivity contribution in [2.75, 3.05) is 6.54 Å². The van der Waals surface area contributed by atoms with Crippen LogP contribution in [0.5, 0.6) is 0 Å². The van der Waals surface area contributed by atoms with Crippen molar-refractivity contribution in [1.82, 2.24) is 10.2 Å². The van der Waals surface area contributed by atoms with Crippen LogP contribution in [0.1, 0.15) is 38.7 Å². The minimum absolute atomic E-state index is 0.132. The molecule has 1 fully saturated rings. The number of hydrogen-bond donors (Lipinski definition) is 2. The number of likely N-dealkylation sites (tertiary alicyclic amines) is 1. The first-order valence-electron chi connectivity index (χ1n) is 8.01. The van der Waals surface area contributed by atoms with Gasteiger partial charge in [0.2, 0.25) is 5.91 Å². The molecule has 1 saturated heterocycles. The molecule has 0 aromatic heterocycles. The molecule has 1 aliphatic heterocycles. The standard InChI is InChI=1S/C18H24N2O3/c1-3-18(2,23)17(22)19-15-10-7-13-20(15)16(21)12-11-14-8-5-4-6-9-14/h4-6,8-9,11-12,15,23H,3,7,10,13H2,1-2H3,(H,19,22)/t15-,18-/m0/s1. The zero-order chi connectivity index (χ0) is 16.9. The van der Waals surface area contributed by atoms with E-state index in [4.69, 9.17) is 0 Å². The van der Waals surface area contributed by atoms with Gasteiger partial charge >= 0.3 is 0 Å². The Hall–Kier alpha value is -2.14. The lowest BCUT2D eigenvalue weighted by Gasteiger charge is -2.28. The van der Waals surface area contributed by atoms with Crippen molar-refractivity contribution < 1.29 is 14.7 Å². The molecule has 2 amide bonds. The predicted octanol–water partition coefficient (Wildman–Crippen LogP) is 1.93. The number of nitrogens with zero attached hydrogens (tertiary/aromatic N) is 1. The molecule has 2 N–H and O–H groups in total. The van der Waals surface area contributed by atoms with Crippen LogP contribution in [0.25, 0.3) is 6.08 Å². The van der Waals surface area contributed by atoms with Gasteiger partial charge in [0.1, 0.15) is 11.8 Å². The molecule has 0 unspecified atom stereocenters. The van der Waals surface area contributed by atoms with E-state index in [1.807, 2.05) is 30.3 Å². The van der Waals surface area contributed by atoms with Gasteiger partial charge in [0, 0.05) is 12.6 Å². The van der Waals surface area contributed by atoms with Gasteiger partial charge in [-0.15, -0.1) is 0 Å². The molecule has 0 radical (unpaired) electrons. The normalized spacial score (nSPS) is 20.5. The highest BCUT2D eigenvalue weighted by Crippen LogP contribution is 2.18. The van der Waals surface area contributed by atoms with Gasteiger partial charge in [-0.2, -0.15) is 0 Å². The lowest BCUT2D eigenvalue weighted by molar-refractivity contribution is -0.141. The second-order valence-electron chi connectivity index (χ2n) is 6.03. The molecule has 23 heavy (non-hydrogen) atoms. The first-order chi connectivity index (χ1) is 10.9. The highest BCUT2D eigenvalue weighted by molar-refractivity contribution is 5.92. The van der Waals surface area contributed by atoms with Crippen molar-refractivity contribution in [1.29, 1.82) is 0 Å². The topological polar surface area (TPSA) is 69.6 Å². The van der Waals surface area contributed by atoms with Gasteiger partial charge in [-0.1, -0.05) is 37.3 Å². The molecule has 0 bridgehead atoms. The molecule has 2 rings (SSSR count). The van der Waals surface area contributed by atoms with Crippen LogP contribution >= 0.6 is 0 Å². The molecular formula is C18H24N2O3. The third-order valence-corrected chi connectivity index (χ3v) is 4.23. The minimum atomic E-state index is -1.41. The van der Waals surface area contributed by atoms with E-state index < -0.39 is 11.5 Å². The predicted molar refractivity (Wildman–Crippen MR) is 89.3 cm³/mol. The van der Waals surface area contributed by atoms with E-state index >= 15 is 0 Å². The Kier molecular flexibility index (Phi) is 5.55. The van der Waals surface area contributed by atoms with Crippen LogP contribution in [0.2, 0.25) is 0 Å². The molecule has 1 heterocycles. The first kappa shape index (κ1) is 17.2. The van der Waals surface area contributed by atoms with E-state index in [1.54, 1.807) is 17.9 Å². The van der Waals surface area contributed by atoms with Crippen molar-refractivity contribution in [3.8, 4) is 0 Å². The molecule has 0 spiro atoms. The van der Waals surface area contributed by atoms with Crippen LogP contribution in [0, 0.1) is 0 Å². The lowest BCUT2D eigenvalue weighted by atomic mass is 10.0. The molecule has 5 nitrogen and oxygen atoms in total. The SMILES string of the molecule is CC[C@](C)(O)C(=O)N[C@@H]1CCCN1C(=O)C=Cc1ccccc1. The number of carbonyl (C=O) groups excluding carboxylic acids is 2. The molecule has 0 saturated carbocycles. The highest BCUT2D eigenvalue weighted by Gasteiger charge is 2.34. The van der Waals surface area contributed by atoms with Crippen molar-refractivity contribution in [2.24, 2.45) is 0 Å². The Labute approximate surface area is 137 Å². The van der Waals surface area contributed by atoms with Gasteiger partial charge in [-0.25, -0.2) is 0 Å². The molecule has 124 valence electrons. The molecule has 1 aromatic carbocycles. The molecule has 1 aromatic rings. The Bertz CT molecular complexity index is 581. The van der Waals surface area contributed by atoms with Gasteiger partial charge in [-0.3, -0.25) is 9.59 Å². The zero-order valence-electron chi connectivity index (χ0n) is 13.7. The Morgan fingerprint density at radius 2 is 2.09 bits per heavy atom. The Balaban J connectivity index is 1.99. The molecule has 2 atom stereocenters. The maximum absolute atomic E-state index is 12.4. The van der Waals surface area contributed by atoms with Crippen LogP contribution in [0.15, 0.2) is 36.4 Å². The minimum Gasteiger partial charge on any atom is -0.380 e. The fourth-order valence-electron chi connectivity index (χ4n) is 2.48. The molecule has 1 aliphatic rings. The van der Waals surface area contributed by atoms with Crippen molar-refractivity contribution in [3.63, 3.8) is 0 Å². The summed E-state index contributed by atoms with van der Waals surface area (Å²) in [6.45, 7) is 3.84. The van der Waals surface area contributed by atoms with Gasteiger partial charge < -0.3 is 15.3 Å². The summed E-state index contributed by atoms with van der Waals surface area (Å²) in [7, 11) is 0. The molecular weight excluding hydrogens is 292 g/mol. The summed E-state index contributed by atoms with van der Waals surface area (Å²) < 4.78 is 0. The van der Waals surface area contributed by atoms with Crippen molar-refractivity contribution in [2.45, 2.75) is 44.9 Å². The van der Waals surface area contributed by atoms with Gasteiger partial charge in [0.25, 0.3) is 5.91 Å². The summed E-state index contributed by atoms with van der Waals surface area (Å²) in [5.74, 6) is -0.565. The third-order valence-electron chi connectivity index (χ3n) is 4.23. The number of carbonyl (C=O) groups is 2. The summed E-state index contributed by atoms with van der Waals surface area (Å²) in [5, 5.41) is 12.8. The molecule has 0 aliphatic carbocycles. The number of nitrogens with one attached hydrogen (secondary N) is 1. The van der Waals surface area contributed by atoms with E-state index in [1.165, 1.54) is 13.0 Å². The number of amides is 2. The second-order valence-corrected chi connectivity index (χ2v) is 6.03. The summed E-state index contributed by atoms with van der Waals surface area (Å²) in [5.41, 5.74) is -0.452. The summed E-state index contributed by atoms with van der Waals surface area (Å²) in [4.78, 5) is 26.1. The number of rotatable bonds is 5. The molecule has 5 heteroatoms. The number of hydrogen-bond acceptors (Lipinski definition) is 3. The number of benzene rings is 1. The summed E-state index contributed by atoms with van der Waals surface area (Å²) in [6, 6.07) is 9.59. The first-order valence-corrected chi connectivity index (χ1v) is 8.01. The van der Waals surface area contributed by atoms with E-state index in [-0.39, 0.29) is 12.1 Å². The Morgan fingerprint density at radius 1 is 1.39 bits per heavy atom. The lowest BCUT2D eigenvalue weighted by Crippen LogP contribution is -2.53. The van der Waals surface area contributed by atoms with Gasteiger partial charge in [0.05, 0.1) is 0 Å². The van der Waals surface area contributed by atoms with Gasteiger partial charge in [0.15, 0.2) is 0 Å². The van der Waals surface area contributed by atoms with E-state index in [0.717, 1.165) is 12.0 Å². The van der Waals surface area contributed by atoms with Crippen LogP contribution in [0.4, 0.5) is 0 Å². The van der Waals surface area contributed by atoms with Crippen LogP contribution in [0.3, 0.4) is 0 Å². The maximum atomic E-state index is 12.4. The smallest absolute Gasteiger partial charge is 0.253 e. The monoisotopic (exact) mass is 316 g/mol. The van der Waals surface area contributed by atoms with Crippen LogP contribution in [-0.2, 0) is 9.59 Å². The highest BCUT2D eigenvalue weighted by atomic mass is 16.3. The van der Waals surface area contributed by atoms with Crippen LogP contribution in [-0.4, -0.2) is 40.1 Å². The van der Waals surface area contributed by atoms with Crippen molar-refractivity contribution >= 4 is 17.9 Å². The largest absolute Gasteiger partial charge is 0.380 e.